The highest BCUT2D eigenvalue weighted by Crippen LogP contribution is 2.40. The van der Waals surface area contributed by atoms with Gasteiger partial charge in [0.15, 0.2) is 0 Å². The standard InChI is InChI=1S/C25H29N7O/c1-2-19(26)15-22-27-25(13-5-6-14-25)24(33)32(22)16-17-9-11-18(12-10-17)20-7-3-4-8-21(20)23-28-30-31-29-23/h3-4,7-12,19H,2,5-6,13-16,26H2,1H3,(H,28,29,30,31). The van der Waals surface area contributed by atoms with Gasteiger partial charge in [0, 0.05) is 18.0 Å². The van der Waals surface area contributed by atoms with E-state index in [2.05, 4.69) is 51.8 Å². The molecule has 1 unspecified atom stereocenters. The Kier molecular flexibility index (Phi) is 5.76. The van der Waals surface area contributed by atoms with Crippen molar-refractivity contribution in [2.45, 2.75) is 63.6 Å². The molecule has 2 heterocycles. The van der Waals surface area contributed by atoms with Crippen molar-refractivity contribution in [1.29, 1.82) is 0 Å². The van der Waals surface area contributed by atoms with E-state index in [1.807, 2.05) is 29.2 Å². The molecule has 170 valence electrons. The van der Waals surface area contributed by atoms with Gasteiger partial charge in [-0.1, -0.05) is 68.3 Å². The van der Waals surface area contributed by atoms with E-state index in [0.717, 1.165) is 60.2 Å². The number of aromatic amines is 1. The first-order valence-corrected chi connectivity index (χ1v) is 11.7. The first-order valence-electron chi connectivity index (χ1n) is 11.7. The molecule has 3 aromatic rings. The van der Waals surface area contributed by atoms with Crippen molar-refractivity contribution in [3.63, 3.8) is 0 Å². The summed E-state index contributed by atoms with van der Waals surface area (Å²) in [5.74, 6) is 1.56. The van der Waals surface area contributed by atoms with Crippen molar-refractivity contribution in [3.8, 4) is 22.5 Å². The number of nitrogens with one attached hydrogen (secondary N) is 1. The summed E-state index contributed by atoms with van der Waals surface area (Å²) in [6.07, 6.45) is 5.32. The Morgan fingerprint density at radius 3 is 2.48 bits per heavy atom. The maximum absolute atomic E-state index is 13.4. The summed E-state index contributed by atoms with van der Waals surface area (Å²) >= 11 is 0. The van der Waals surface area contributed by atoms with Crippen molar-refractivity contribution in [2.24, 2.45) is 10.7 Å². The van der Waals surface area contributed by atoms with E-state index < -0.39 is 5.54 Å². The molecule has 2 aliphatic rings. The summed E-state index contributed by atoms with van der Waals surface area (Å²) in [7, 11) is 0. The molecule has 1 atom stereocenters. The molecule has 8 nitrogen and oxygen atoms in total. The van der Waals surface area contributed by atoms with Gasteiger partial charge in [-0.15, -0.1) is 10.2 Å². The van der Waals surface area contributed by atoms with Crippen molar-refractivity contribution < 1.29 is 4.79 Å². The Morgan fingerprint density at radius 2 is 1.82 bits per heavy atom. The summed E-state index contributed by atoms with van der Waals surface area (Å²) < 4.78 is 0. The van der Waals surface area contributed by atoms with Crippen LogP contribution in [0.3, 0.4) is 0 Å². The molecule has 0 radical (unpaired) electrons. The minimum atomic E-state index is -0.549. The van der Waals surface area contributed by atoms with Crippen LogP contribution in [0.5, 0.6) is 0 Å². The number of amides is 1. The van der Waals surface area contributed by atoms with E-state index in [-0.39, 0.29) is 11.9 Å². The van der Waals surface area contributed by atoms with Crippen LogP contribution in [-0.4, -0.2) is 48.8 Å². The number of carbonyl (C=O) groups is 1. The number of H-pyrrole nitrogens is 1. The Morgan fingerprint density at radius 1 is 1.09 bits per heavy atom. The predicted octanol–water partition coefficient (Wildman–Crippen LogP) is 3.71. The highest BCUT2D eigenvalue weighted by Gasteiger charge is 2.49. The van der Waals surface area contributed by atoms with E-state index in [9.17, 15) is 4.79 Å². The smallest absolute Gasteiger partial charge is 0.256 e. The van der Waals surface area contributed by atoms with Gasteiger partial charge >= 0.3 is 0 Å². The number of tetrazole rings is 1. The van der Waals surface area contributed by atoms with Crippen LogP contribution >= 0.6 is 0 Å². The molecule has 0 saturated heterocycles. The Hall–Kier alpha value is -3.39. The van der Waals surface area contributed by atoms with Crippen LogP contribution in [0.1, 0.15) is 51.0 Å². The summed E-state index contributed by atoms with van der Waals surface area (Å²) in [6, 6.07) is 16.3. The number of carbonyl (C=O) groups excluding carboxylic acids is 1. The van der Waals surface area contributed by atoms with Gasteiger partial charge in [-0.05, 0) is 41.2 Å². The largest absolute Gasteiger partial charge is 0.327 e. The molecule has 1 aromatic heterocycles. The fraction of sp³-hybridized carbons (Fsp3) is 0.400. The van der Waals surface area contributed by atoms with Crippen LogP contribution in [0.25, 0.3) is 22.5 Å². The second-order valence-corrected chi connectivity index (χ2v) is 9.01. The minimum absolute atomic E-state index is 0.0135. The third-order valence-electron chi connectivity index (χ3n) is 6.82. The lowest BCUT2D eigenvalue weighted by molar-refractivity contribution is -0.131. The molecule has 8 heteroatoms. The molecule has 0 bridgehead atoms. The maximum atomic E-state index is 13.4. The van der Waals surface area contributed by atoms with E-state index in [4.69, 9.17) is 10.7 Å². The highest BCUT2D eigenvalue weighted by molar-refractivity contribution is 6.08. The van der Waals surface area contributed by atoms with Crippen LogP contribution in [0, 0.1) is 0 Å². The lowest BCUT2D eigenvalue weighted by Gasteiger charge is -2.23. The molecule has 1 spiro atoms. The lowest BCUT2D eigenvalue weighted by Crippen LogP contribution is -2.41. The number of hydrogen-bond donors (Lipinski definition) is 2. The third-order valence-corrected chi connectivity index (χ3v) is 6.82. The highest BCUT2D eigenvalue weighted by atomic mass is 16.2. The SMILES string of the molecule is CCC(N)CC1=NC2(CCCC2)C(=O)N1Cc1ccc(-c2ccccc2-c2nn[nH]n2)cc1. The molecule has 5 rings (SSSR count). The zero-order valence-electron chi connectivity index (χ0n) is 18.9. The van der Waals surface area contributed by atoms with Crippen LogP contribution in [0.2, 0.25) is 0 Å². The molecular weight excluding hydrogens is 414 g/mol. The quantitative estimate of drug-likeness (QED) is 0.578. The fourth-order valence-corrected chi connectivity index (χ4v) is 4.88. The molecule has 1 amide bonds. The number of benzene rings is 2. The summed E-state index contributed by atoms with van der Waals surface area (Å²) in [4.78, 5) is 20.3. The molecule has 1 aliphatic heterocycles. The van der Waals surface area contributed by atoms with Crippen molar-refractivity contribution in [2.75, 3.05) is 0 Å². The van der Waals surface area contributed by atoms with E-state index in [1.54, 1.807) is 0 Å². The Balaban J connectivity index is 1.39. The maximum Gasteiger partial charge on any atom is 0.256 e. The van der Waals surface area contributed by atoms with Gasteiger partial charge in [0.2, 0.25) is 5.82 Å². The normalized spacial score (nSPS) is 18.2. The summed E-state index contributed by atoms with van der Waals surface area (Å²) in [5.41, 5.74) is 9.77. The molecular formula is C25H29N7O. The van der Waals surface area contributed by atoms with E-state index in [1.165, 1.54) is 0 Å². The molecule has 1 saturated carbocycles. The van der Waals surface area contributed by atoms with Crippen LogP contribution in [0.15, 0.2) is 53.5 Å². The first kappa shape index (κ1) is 21.5. The second-order valence-electron chi connectivity index (χ2n) is 9.01. The first-order chi connectivity index (χ1) is 16.1. The van der Waals surface area contributed by atoms with Gasteiger partial charge in [0.05, 0.1) is 6.54 Å². The minimum Gasteiger partial charge on any atom is -0.327 e. The average Bonchev–Trinajstić information content (AvgIpc) is 3.59. The van der Waals surface area contributed by atoms with E-state index in [0.29, 0.717) is 18.8 Å². The molecule has 1 fully saturated rings. The van der Waals surface area contributed by atoms with Gasteiger partial charge in [-0.25, -0.2) is 0 Å². The zero-order valence-corrected chi connectivity index (χ0v) is 18.9. The average molecular weight is 444 g/mol. The van der Waals surface area contributed by atoms with Gasteiger partial charge in [-0.2, -0.15) is 5.21 Å². The number of amidine groups is 1. The summed E-state index contributed by atoms with van der Waals surface area (Å²) in [5, 5.41) is 14.4. The van der Waals surface area contributed by atoms with E-state index >= 15 is 0 Å². The van der Waals surface area contributed by atoms with Crippen LogP contribution in [0.4, 0.5) is 0 Å². The fourth-order valence-electron chi connectivity index (χ4n) is 4.88. The monoisotopic (exact) mass is 443 g/mol. The number of nitrogens with zero attached hydrogens (tertiary/aromatic N) is 5. The number of nitrogens with two attached hydrogens (primary N) is 1. The van der Waals surface area contributed by atoms with Crippen molar-refractivity contribution in [3.05, 3.63) is 54.1 Å². The molecule has 2 aromatic carbocycles. The van der Waals surface area contributed by atoms with Gasteiger partial charge < -0.3 is 5.73 Å². The number of aromatic nitrogens is 4. The third kappa shape index (κ3) is 4.06. The molecule has 1 aliphatic carbocycles. The van der Waals surface area contributed by atoms with Crippen molar-refractivity contribution in [1.82, 2.24) is 25.5 Å². The van der Waals surface area contributed by atoms with Gasteiger partial charge in [-0.3, -0.25) is 14.7 Å². The Labute approximate surface area is 193 Å². The van der Waals surface area contributed by atoms with Crippen LogP contribution < -0.4 is 5.73 Å². The topological polar surface area (TPSA) is 113 Å². The summed E-state index contributed by atoms with van der Waals surface area (Å²) in [6.45, 7) is 2.59. The van der Waals surface area contributed by atoms with Crippen LogP contribution in [-0.2, 0) is 11.3 Å². The van der Waals surface area contributed by atoms with Gasteiger partial charge in [0.25, 0.3) is 5.91 Å². The van der Waals surface area contributed by atoms with Gasteiger partial charge in [0.1, 0.15) is 11.4 Å². The van der Waals surface area contributed by atoms with Crippen molar-refractivity contribution >= 4 is 11.7 Å². The molecule has 3 N–H and O–H groups in total. The second kappa shape index (κ2) is 8.86. The number of hydrogen-bond acceptors (Lipinski definition) is 6. The lowest BCUT2D eigenvalue weighted by atomic mass is 9.97. The Bertz CT molecular complexity index is 1150. The zero-order chi connectivity index (χ0) is 22.8. The number of rotatable bonds is 7. The molecule has 33 heavy (non-hydrogen) atoms. The number of aliphatic imine (C=N–C) groups is 1. The predicted molar refractivity (Wildman–Crippen MR) is 127 cm³/mol.